The average molecular weight is 353 g/mol. The summed E-state index contributed by atoms with van der Waals surface area (Å²) in [7, 11) is 0. The van der Waals surface area contributed by atoms with Crippen molar-refractivity contribution < 1.29 is 24.9 Å². The van der Waals surface area contributed by atoms with Crippen LogP contribution in [0.3, 0.4) is 0 Å². The number of hydrogen-bond acceptors (Lipinski definition) is 9. The first kappa shape index (κ1) is 17.5. The molecule has 0 spiro atoms. The van der Waals surface area contributed by atoms with Crippen LogP contribution in [-0.4, -0.2) is 65.2 Å². The van der Waals surface area contributed by atoms with Gasteiger partial charge in [0, 0.05) is 5.92 Å². The third-order valence-corrected chi connectivity index (χ3v) is 4.13. The van der Waals surface area contributed by atoms with Gasteiger partial charge >= 0.3 is 0 Å². The van der Waals surface area contributed by atoms with Gasteiger partial charge in [0.05, 0.1) is 12.9 Å². The molecule has 3 rings (SSSR count). The molecule has 0 aliphatic carbocycles. The van der Waals surface area contributed by atoms with Crippen molar-refractivity contribution in [3.05, 3.63) is 16.7 Å². The van der Waals surface area contributed by atoms with Crippen LogP contribution in [0.5, 0.6) is 0 Å². The van der Waals surface area contributed by atoms with Crippen LogP contribution < -0.4 is 11.3 Å². The van der Waals surface area contributed by atoms with Gasteiger partial charge in [-0.2, -0.15) is 4.98 Å². The van der Waals surface area contributed by atoms with E-state index in [1.165, 1.54) is 10.9 Å². The Morgan fingerprint density at radius 2 is 2.08 bits per heavy atom. The number of anilines is 1. The standard InChI is InChI=1S/C14H19N5O6/c1-5(2)11(23)19-12(24)7-10(17-14(19)15)18(4-16-7)13-9(22)8(21)6(3-20)25-13/h4-6,8-9,13,20-22H,3H2,1-2H3,(H2,15,17)/t6-,8-,9+,13-/m1/s1. The van der Waals surface area contributed by atoms with E-state index in [4.69, 9.17) is 10.5 Å². The fraction of sp³-hybridized carbons (Fsp3) is 0.571. The number of fused-ring (bicyclic) bond motifs is 1. The van der Waals surface area contributed by atoms with Gasteiger partial charge in [-0.25, -0.2) is 9.55 Å². The second kappa shape index (κ2) is 6.19. The van der Waals surface area contributed by atoms with Gasteiger partial charge in [0.1, 0.15) is 18.3 Å². The fourth-order valence-corrected chi connectivity index (χ4v) is 2.75. The molecular weight excluding hydrogens is 334 g/mol. The monoisotopic (exact) mass is 353 g/mol. The summed E-state index contributed by atoms with van der Waals surface area (Å²) in [6, 6.07) is 0. The van der Waals surface area contributed by atoms with Crippen LogP contribution in [0.15, 0.2) is 11.1 Å². The molecule has 0 aromatic carbocycles. The van der Waals surface area contributed by atoms with Gasteiger partial charge in [-0.05, 0) is 0 Å². The maximum atomic E-state index is 12.5. The third kappa shape index (κ3) is 2.61. The zero-order chi connectivity index (χ0) is 18.5. The highest BCUT2D eigenvalue weighted by atomic mass is 16.6. The molecule has 0 bridgehead atoms. The van der Waals surface area contributed by atoms with E-state index >= 15 is 0 Å². The van der Waals surface area contributed by atoms with E-state index in [9.17, 15) is 24.9 Å². The van der Waals surface area contributed by atoms with Crippen LogP contribution in [0, 0.1) is 5.92 Å². The average Bonchev–Trinajstić information content (AvgIpc) is 3.09. The molecule has 11 nitrogen and oxygen atoms in total. The molecule has 3 heterocycles. The lowest BCUT2D eigenvalue weighted by Crippen LogP contribution is -2.34. The Kier molecular flexibility index (Phi) is 4.33. The van der Waals surface area contributed by atoms with Gasteiger partial charge in [0.2, 0.25) is 11.9 Å². The number of nitrogen functional groups attached to an aromatic ring is 1. The molecule has 1 fully saturated rings. The van der Waals surface area contributed by atoms with E-state index in [0.29, 0.717) is 0 Å². The summed E-state index contributed by atoms with van der Waals surface area (Å²) in [5.74, 6) is -1.30. The van der Waals surface area contributed by atoms with Gasteiger partial charge in [0.25, 0.3) is 5.56 Å². The van der Waals surface area contributed by atoms with Gasteiger partial charge in [-0.15, -0.1) is 0 Å². The maximum Gasteiger partial charge on any atom is 0.289 e. The molecule has 0 unspecified atom stereocenters. The second-order valence-electron chi connectivity index (χ2n) is 6.16. The van der Waals surface area contributed by atoms with E-state index in [-0.39, 0.29) is 17.1 Å². The van der Waals surface area contributed by atoms with Gasteiger partial charge < -0.3 is 25.8 Å². The molecule has 0 radical (unpaired) electrons. The number of hydrogen-bond donors (Lipinski definition) is 4. The van der Waals surface area contributed by atoms with Crippen molar-refractivity contribution in [3.8, 4) is 0 Å². The van der Waals surface area contributed by atoms with Crippen molar-refractivity contribution in [2.24, 2.45) is 5.92 Å². The Labute approximate surface area is 141 Å². The second-order valence-corrected chi connectivity index (χ2v) is 6.16. The van der Waals surface area contributed by atoms with Crippen molar-refractivity contribution in [2.45, 2.75) is 38.4 Å². The first-order valence-corrected chi connectivity index (χ1v) is 7.69. The molecule has 1 aliphatic heterocycles. The van der Waals surface area contributed by atoms with Crippen molar-refractivity contribution in [1.29, 1.82) is 0 Å². The number of aromatic nitrogens is 4. The zero-order valence-corrected chi connectivity index (χ0v) is 13.6. The molecule has 5 N–H and O–H groups in total. The lowest BCUT2D eigenvalue weighted by molar-refractivity contribution is -0.0511. The molecule has 1 saturated heterocycles. The third-order valence-electron chi connectivity index (χ3n) is 4.13. The molecule has 136 valence electrons. The van der Waals surface area contributed by atoms with Crippen molar-refractivity contribution in [2.75, 3.05) is 12.3 Å². The predicted molar refractivity (Wildman–Crippen MR) is 84.7 cm³/mol. The van der Waals surface area contributed by atoms with Crippen molar-refractivity contribution in [1.82, 2.24) is 19.1 Å². The number of carbonyl (C=O) groups is 1. The molecule has 4 atom stereocenters. The van der Waals surface area contributed by atoms with Crippen LogP contribution in [0.25, 0.3) is 11.2 Å². The minimum atomic E-state index is -1.36. The molecule has 11 heteroatoms. The molecular formula is C14H19N5O6. The number of rotatable bonds is 3. The minimum absolute atomic E-state index is 0.00476. The quantitative estimate of drug-likeness (QED) is 0.492. The summed E-state index contributed by atoms with van der Waals surface area (Å²) in [5.41, 5.74) is 4.92. The lowest BCUT2D eigenvalue weighted by Gasteiger charge is -2.17. The Morgan fingerprint density at radius 1 is 1.40 bits per heavy atom. The summed E-state index contributed by atoms with van der Waals surface area (Å²) in [6.45, 7) is 2.75. The van der Waals surface area contributed by atoms with Gasteiger partial charge in [0.15, 0.2) is 17.4 Å². The smallest absolute Gasteiger partial charge is 0.289 e. The van der Waals surface area contributed by atoms with Crippen molar-refractivity contribution in [3.63, 3.8) is 0 Å². The molecule has 2 aromatic heterocycles. The van der Waals surface area contributed by atoms with E-state index in [0.717, 1.165) is 4.57 Å². The highest BCUT2D eigenvalue weighted by molar-refractivity contribution is 5.85. The van der Waals surface area contributed by atoms with Crippen LogP contribution in [-0.2, 0) is 4.74 Å². The summed E-state index contributed by atoms with van der Waals surface area (Å²) < 4.78 is 7.39. The lowest BCUT2D eigenvalue weighted by atomic mass is 10.1. The van der Waals surface area contributed by atoms with E-state index in [2.05, 4.69) is 9.97 Å². The zero-order valence-electron chi connectivity index (χ0n) is 13.6. The van der Waals surface area contributed by atoms with E-state index in [1.807, 2.05) is 0 Å². The number of carbonyl (C=O) groups excluding carboxylic acids is 1. The minimum Gasteiger partial charge on any atom is -0.394 e. The Balaban J connectivity index is 2.12. The normalized spacial score (nSPS) is 26.6. The van der Waals surface area contributed by atoms with Gasteiger partial charge in [-0.1, -0.05) is 13.8 Å². The first-order chi connectivity index (χ1) is 11.8. The van der Waals surface area contributed by atoms with Crippen LogP contribution >= 0.6 is 0 Å². The van der Waals surface area contributed by atoms with Crippen LogP contribution in [0.2, 0.25) is 0 Å². The Morgan fingerprint density at radius 3 is 2.64 bits per heavy atom. The fourth-order valence-electron chi connectivity index (χ4n) is 2.75. The largest absolute Gasteiger partial charge is 0.394 e. The van der Waals surface area contributed by atoms with Crippen LogP contribution in [0.4, 0.5) is 5.95 Å². The van der Waals surface area contributed by atoms with Crippen molar-refractivity contribution >= 4 is 23.0 Å². The molecule has 2 aromatic rings. The summed E-state index contributed by atoms with van der Waals surface area (Å²) >= 11 is 0. The molecule has 0 amide bonds. The van der Waals surface area contributed by atoms with E-state index < -0.39 is 48.5 Å². The predicted octanol–water partition coefficient (Wildman–Crippen LogP) is -1.92. The number of nitrogens with zero attached hydrogens (tertiary/aromatic N) is 4. The highest BCUT2D eigenvalue weighted by Gasteiger charge is 2.44. The highest BCUT2D eigenvalue weighted by Crippen LogP contribution is 2.30. The summed E-state index contributed by atoms with van der Waals surface area (Å²) in [5, 5.41) is 29.1. The SMILES string of the molecule is CC(C)C(=O)n1c(N)nc2c(ncn2[C@@H]2O[C@H](CO)[C@@H](O)[C@@H]2O)c1=O. The van der Waals surface area contributed by atoms with Crippen LogP contribution in [0.1, 0.15) is 24.9 Å². The number of aliphatic hydroxyl groups is 3. The summed E-state index contributed by atoms with van der Waals surface area (Å²) in [4.78, 5) is 32.7. The number of imidazole rings is 1. The number of ether oxygens (including phenoxy) is 1. The Bertz CT molecular complexity index is 874. The maximum absolute atomic E-state index is 12.5. The molecule has 0 saturated carbocycles. The number of nitrogens with two attached hydrogens (primary N) is 1. The summed E-state index contributed by atoms with van der Waals surface area (Å²) in [6.07, 6.45) is -3.58. The Hall–Kier alpha value is -2.34. The molecule has 25 heavy (non-hydrogen) atoms. The number of aliphatic hydroxyl groups excluding tert-OH is 3. The molecule has 1 aliphatic rings. The first-order valence-electron chi connectivity index (χ1n) is 7.69. The van der Waals surface area contributed by atoms with Gasteiger partial charge in [-0.3, -0.25) is 14.2 Å². The van der Waals surface area contributed by atoms with E-state index in [1.54, 1.807) is 13.8 Å². The topological polar surface area (TPSA) is 166 Å².